The zero-order valence-electron chi connectivity index (χ0n) is 12.6. The molecule has 0 radical (unpaired) electrons. The van der Waals surface area contributed by atoms with Gasteiger partial charge < -0.3 is 9.67 Å². The van der Waals surface area contributed by atoms with Gasteiger partial charge in [0.1, 0.15) is 5.75 Å². The molecule has 0 spiro atoms. The summed E-state index contributed by atoms with van der Waals surface area (Å²) in [5.74, 6) is 0.103. The summed E-state index contributed by atoms with van der Waals surface area (Å²) in [5, 5.41) is 13.6. The number of aromatic hydroxyl groups is 1. The Hall–Kier alpha value is -3.15. The Morgan fingerprint density at radius 1 is 1.26 bits per heavy atom. The number of fused-ring (bicyclic) bond motifs is 1. The highest BCUT2D eigenvalue weighted by molar-refractivity contribution is 5.97. The summed E-state index contributed by atoms with van der Waals surface area (Å²) in [6, 6.07) is 14.1. The first kappa shape index (κ1) is 14.8. The number of benzene rings is 2. The molecule has 0 aliphatic heterocycles. The summed E-state index contributed by atoms with van der Waals surface area (Å²) in [4.78, 5) is 16.5. The topological polar surface area (TPSA) is 79.5 Å². The molecule has 0 aliphatic carbocycles. The fourth-order valence-corrected chi connectivity index (χ4v) is 2.40. The first-order valence-electron chi connectivity index (χ1n) is 7.27. The third-order valence-electron chi connectivity index (χ3n) is 3.50. The van der Waals surface area contributed by atoms with Crippen LogP contribution in [0.15, 0.2) is 53.6 Å². The highest BCUT2D eigenvalue weighted by Crippen LogP contribution is 2.16. The SMILES string of the molecule is CCn1c(C=NNC(=O)c2ccccc2O)nc2ccccc21. The van der Waals surface area contributed by atoms with E-state index in [2.05, 4.69) is 15.5 Å². The van der Waals surface area contributed by atoms with Crippen LogP contribution in [0.1, 0.15) is 23.1 Å². The molecule has 6 nitrogen and oxygen atoms in total. The lowest BCUT2D eigenvalue weighted by Gasteiger charge is -2.03. The van der Waals surface area contributed by atoms with Crippen LogP contribution in [0.3, 0.4) is 0 Å². The third-order valence-corrected chi connectivity index (χ3v) is 3.50. The molecule has 2 N–H and O–H groups in total. The first-order valence-corrected chi connectivity index (χ1v) is 7.27. The van der Waals surface area contributed by atoms with Crippen molar-refractivity contribution in [2.24, 2.45) is 5.10 Å². The monoisotopic (exact) mass is 308 g/mol. The van der Waals surface area contributed by atoms with Crippen LogP contribution in [0.5, 0.6) is 5.75 Å². The number of nitrogens with zero attached hydrogens (tertiary/aromatic N) is 3. The van der Waals surface area contributed by atoms with Gasteiger partial charge in [-0.1, -0.05) is 24.3 Å². The van der Waals surface area contributed by atoms with Gasteiger partial charge >= 0.3 is 0 Å². The fourth-order valence-electron chi connectivity index (χ4n) is 2.40. The largest absolute Gasteiger partial charge is 0.507 e. The molecule has 0 saturated heterocycles. The van der Waals surface area contributed by atoms with Gasteiger partial charge in [-0.2, -0.15) is 5.10 Å². The average molecular weight is 308 g/mol. The van der Waals surface area contributed by atoms with Crippen LogP contribution in [-0.2, 0) is 6.54 Å². The maximum atomic E-state index is 12.0. The van der Waals surface area contributed by atoms with Crippen LogP contribution in [0.25, 0.3) is 11.0 Å². The number of hydrogen-bond acceptors (Lipinski definition) is 4. The van der Waals surface area contributed by atoms with Crippen molar-refractivity contribution in [3.8, 4) is 5.75 Å². The number of para-hydroxylation sites is 3. The van der Waals surface area contributed by atoms with Crippen molar-refractivity contribution in [3.05, 3.63) is 59.9 Å². The van der Waals surface area contributed by atoms with Crippen molar-refractivity contribution in [3.63, 3.8) is 0 Å². The van der Waals surface area contributed by atoms with Crippen LogP contribution in [0, 0.1) is 0 Å². The lowest BCUT2D eigenvalue weighted by molar-refractivity contribution is 0.0952. The molecule has 2 aromatic carbocycles. The Bertz CT molecular complexity index is 883. The van der Waals surface area contributed by atoms with E-state index in [1.165, 1.54) is 18.3 Å². The number of aromatic nitrogens is 2. The second-order valence-corrected chi connectivity index (χ2v) is 4.92. The lowest BCUT2D eigenvalue weighted by Crippen LogP contribution is -2.18. The van der Waals surface area contributed by atoms with E-state index < -0.39 is 5.91 Å². The number of carbonyl (C=O) groups excluding carboxylic acids is 1. The van der Waals surface area contributed by atoms with Crippen LogP contribution < -0.4 is 5.43 Å². The van der Waals surface area contributed by atoms with Gasteiger partial charge in [-0.15, -0.1) is 0 Å². The smallest absolute Gasteiger partial charge is 0.275 e. The maximum absolute atomic E-state index is 12.0. The molecule has 0 atom stereocenters. The number of imidazole rings is 1. The van der Waals surface area contributed by atoms with Crippen LogP contribution in [-0.4, -0.2) is 26.8 Å². The second-order valence-electron chi connectivity index (χ2n) is 4.92. The number of hydrazone groups is 1. The number of amides is 1. The molecule has 23 heavy (non-hydrogen) atoms. The Kier molecular flexibility index (Phi) is 4.05. The van der Waals surface area contributed by atoms with Crippen LogP contribution >= 0.6 is 0 Å². The molecular formula is C17H16N4O2. The van der Waals surface area contributed by atoms with Gasteiger partial charge in [-0.3, -0.25) is 4.79 Å². The van der Waals surface area contributed by atoms with E-state index in [9.17, 15) is 9.90 Å². The van der Waals surface area contributed by atoms with Gasteiger partial charge in [-0.05, 0) is 31.2 Å². The summed E-state index contributed by atoms with van der Waals surface area (Å²) >= 11 is 0. The zero-order valence-corrected chi connectivity index (χ0v) is 12.6. The second kappa shape index (κ2) is 6.31. The Balaban J connectivity index is 1.81. The Morgan fingerprint density at radius 2 is 2.00 bits per heavy atom. The molecule has 3 rings (SSSR count). The number of rotatable bonds is 4. The molecular weight excluding hydrogens is 292 g/mol. The molecule has 6 heteroatoms. The van der Waals surface area contributed by atoms with Crippen LogP contribution in [0.4, 0.5) is 0 Å². The van der Waals surface area contributed by atoms with Gasteiger partial charge in [0.25, 0.3) is 5.91 Å². The quantitative estimate of drug-likeness (QED) is 0.574. The predicted molar refractivity (Wildman–Crippen MR) is 88.6 cm³/mol. The normalized spacial score (nSPS) is 11.2. The van der Waals surface area contributed by atoms with Crippen molar-refractivity contribution in [2.45, 2.75) is 13.5 Å². The fraction of sp³-hybridized carbons (Fsp3) is 0.118. The molecule has 116 valence electrons. The number of hydrogen-bond donors (Lipinski definition) is 2. The van der Waals surface area contributed by atoms with E-state index in [-0.39, 0.29) is 11.3 Å². The van der Waals surface area contributed by atoms with Crippen molar-refractivity contribution >= 4 is 23.2 Å². The van der Waals surface area contributed by atoms with Crippen LogP contribution in [0.2, 0.25) is 0 Å². The van der Waals surface area contributed by atoms with Gasteiger partial charge in [0.2, 0.25) is 0 Å². The highest BCUT2D eigenvalue weighted by Gasteiger charge is 2.10. The van der Waals surface area contributed by atoms with Gasteiger partial charge in [0.05, 0.1) is 22.8 Å². The van der Waals surface area contributed by atoms with E-state index >= 15 is 0 Å². The molecule has 0 fully saturated rings. The summed E-state index contributed by atoms with van der Waals surface area (Å²) in [5.41, 5.74) is 4.47. The van der Waals surface area contributed by atoms with E-state index in [4.69, 9.17) is 0 Å². The summed E-state index contributed by atoms with van der Waals surface area (Å²) < 4.78 is 2.00. The molecule has 1 amide bonds. The van der Waals surface area contributed by atoms with Crippen molar-refractivity contribution in [1.82, 2.24) is 15.0 Å². The first-order chi connectivity index (χ1) is 11.2. The number of aryl methyl sites for hydroxylation is 1. The summed E-state index contributed by atoms with van der Waals surface area (Å²) in [6.45, 7) is 2.77. The molecule has 1 heterocycles. The van der Waals surface area contributed by atoms with Crippen molar-refractivity contribution < 1.29 is 9.90 Å². The number of nitrogens with one attached hydrogen (secondary N) is 1. The minimum Gasteiger partial charge on any atom is -0.507 e. The zero-order chi connectivity index (χ0) is 16.2. The van der Waals surface area contributed by atoms with Crippen molar-refractivity contribution in [1.29, 1.82) is 0 Å². The molecule has 0 saturated carbocycles. The van der Waals surface area contributed by atoms with Gasteiger partial charge in [-0.25, -0.2) is 10.4 Å². The lowest BCUT2D eigenvalue weighted by atomic mass is 10.2. The van der Waals surface area contributed by atoms with E-state index in [1.807, 2.05) is 35.8 Å². The molecule has 0 unspecified atom stereocenters. The van der Waals surface area contributed by atoms with E-state index in [1.54, 1.807) is 12.1 Å². The Morgan fingerprint density at radius 3 is 2.78 bits per heavy atom. The third kappa shape index (κ3) is 2.91. The highest BCUT2D eigenvalue weighted by atomic mass is 16.3. The average Bonchev–Trinajstić information content (AvgIpc) is 2.92. The Labute approximate surface area is 133 Å². The molecule has 1 aromatic heterocycles. The van der Waals surface area contributed by atoms with E-state index in [0.29, 0.717) is 5.82 Å². The molecule has 0 aliphatic rings. The maximum Gasteiger partial charge on any atom is 0.275 e. The predicted octanol–water partition coefficient (Wildman–Crippen LogP) is 2.53. The summed E-state index contributed by atoms with van der Waals surface area (Å²) in [7, 11) is 0. The van der Waals surface area contributed by atoms with Gasteiger partial charge in [0.15, 0.2) is 5.82 Å². The number of carbonyl (C=O) groups is 1. The minimum absolute atomic E-state index is 0.0824. The van der Waals surface area contributed by atoms with E-state index in [0.717, 1.165) is 17.6 Å². The molecule has 3 aromatic rings. The van der Waals surface area contributed by atoms with Crippen molar-refractivity contribution in [2.75, 3.05) is 0 Å². The molecule has 0 bridgehead atoms. The van der Waals surface area contributed by atoms with Gasteiger partial charge in [0, 0.05) is 6.54 Å². The summed E-state index contributed by atoms with van der Waals surface area (Å²) in [6.07, 6.45) is 1.50. The number of phenols is 1. The number of phenolic OH excluding ortho intramolecular Hbond substituents is 1. The standard InChI is InChI=1S/C17H16N4O2/c1-2-21-14-9-5-4-8-13(14)19-16(21)11-18-20-17(23)12-7-3-6-10-15(12)22/h3-11,22H,2H2,1H3,(H,20,23). The minimum atomic E-state index is -0.474.